The molecule has 2 aromatic rings. The molecular formula is C34H52F2N6O. The highest BCUT2D eigenvalue weighted by atomic mass is 19.2. The van der Waals surface area contributed by atoms with E-state index in [9.17, 15) is 0 Å². The monoisotopic (exact) mass is 598 g/mol. The molecule has 3 rings (SSSR count). The zero-order chi connectivity index (χ0) is 31.0. The Morgan fingerprint density at radius 2 is 1.95 bits per heavy atom. The number of hydrogen-bond donors (Lipinski definition) is 0. The van der Waals surface area contributed by atoms with Gasteiger partial charge in [-0.25, -0.2) is 9.07 Å². The first-order valence-electron chi connectivity index (χ1n) is 15.1. The molecule has 43 heavy (non-hydrogen) atoms. The number of likely N-dealkylation sites (tertiary alicyclic amines) is 1. The second-order valence-corrected chi connectivity index (χ2v) is 12.1. The number of aliphatic imine (C=N–C) groups is 1. The summed E-state index contributed by atoms with van der Waals surface area (Å²) in [5, 5.41) is 4.69. The van der Waals surface area contributed by atoms with Crippen LogP contribution in [0.25, 0.3) is 23.4 Å². The summed E-state index contributed by atoms with van der Waals surface area (Å²) in [6, 6.07) is 2.68. The molecule has 238 valence electrons. The summed E-state index contributed by atoms with van der Waals surface area (Å²) in [6.45, 7) is 19.0. The van der Waals surface area contributed by atoms with E-state index in [0.717, 1.165) is 66.5 Å². The molecule has 0 aromatic carbocycles. The average Bonchev–Trinajstić information content (AvgIpc) is 3.32. The Morgan fingerprint density at radius 3 is 2.53 bits per heavy atom. The van der Waals surface area contributed by atoms with Gasteiger partial charge in [0, 0.05) is 80.0 Å². The summed E-state index contributed by atoms with van der Waals surface area (Å²) in [6.07, 6.45) is 15.2. The molecule has 9 heteroatoms. The predicted octanol–water partition coefficient (Wildman–Crippen LogP) is 6.99. The molecule has 3 heterocycles. The molecule has 0 saturated carbocycles. The van der Waals surface area contributed by atoms with Crippen LogP contribution in [-0.2, 0) is 4.74 Å². The molecule has 1 fully saturated rings. The topological polar surface area (TPSA) is 58.8 Å². The van der Waals surface area contributed by atoms with Gasteiger partial charge in [0.2, 0.25) is 5.85 Å². The van der Waals surface area contributed by atoms with Crippen molar-refractivity contribution in [3.63, 3.8) is 0 Å². The van der Waals surface area contributed by atoms with Crippen LogP contribution in [0, 0.1) is 19.8 Å². The fraction of sp³-hybridized carbons (Fsp3) is 0.559. The molecule has 0 spiro atoms. The number of methoxy groups -OCH3 is 1. The second kappa shape index (κ2) is 16.2. The lowest BCUT2D eigenvalue weighted by Gasteiger charge is -2.38. The van der Waals surface area contributed by atoms with Gasteiger partial charge in [-0.2, -0.15) is 5.10 Å². The van der Waals surface area contributed by atoms with Gasteiger partial charge in [0.1, 0.15) is 0 Å². The lowest BCUT2D eigenvalue weighted by molar-refractivity contribution is -0.0700. The van der Waals surface area contributed by atoms with Gasteiger partial charge in [0.05, 0.1) is 12.2 Å². The molecular weight excluding hydrogens is 546 g/mol. The molecule has 0 aliphatic carbocycles. The van der Waals surface area contributed by atoms with E-state index in [1.807, 2.05) is 50.3 Å². The van der Waals surface area contributed by atoms with Crippen LogP contribution in [0.15, 0.2) is 47.3 Å². The maximum Gasteiger partial charge on any atom is 0.232 e. The summed E-state index contributed by atoms with van der Waals surface area (Å²) in [7, 11) is 5.46. The Hall–Kier alpha value is -3.01. The number of halogens is 2. The third-order valence-electron chi connectivity index (χ3n) is 8.47. The fourth-order valence-electron chi connectivity index (χ4n) is 5.58. The number of hydrogen-bond acceptors (Lipinski definition) is 6. The van der Waals surface area contributed by atoms with E-state index in [1.165, 1.54) is 20.5 Å². The molecule has 0 amide bonds. The lowest BCUT2D eigenvalue weighted by Crippen LogP contribution is -2.47. The standard InChI is InChI=1S/C34H51FN6O.FH/c1-24(2)12-17-39(9)28-13-18-40(19-14-28)29(22-36-8)15-20-41-27(6)32(23-38-41)30-11-16-37-26(5)31(30)21-33(25(3)4)34(7,35)42-10;/h11,15-16,20-24,28-29H,3,12-14,17-19H2,1-2,4-10H3;1H/b20-15-,33-21+,36-22?;. The van der Waals surface area contributed by atoms with E-state index in [4.69, 9.17) is 9.84 Å². The van der Waals surface area contributed by atoms with Crippen LogP contribution < -0.4 is 0 Å². The minimum Gasteiger partial charge on any atom is -0.346 e. The Balaban J connectivity index is 0.00000645. The normalized spacial score (nSPS) is 17.6. The van der Waals surface area contributed by atoms with Crippen molar-refractivity contribution in [2.75, 3.05) is 40.8 Å². The number of aromatic nitrogens is 3. The van der Waals surface area contributed by atoms with Crippen LogP contribution in [-0.4, -0.2) is 89.6 Å². The highest BCUT2D eigenvalue weighted by Gasteiger charge is 2.29. The molecule has 0 radical (unpaired) electrons. The summed E-state index contributed by atoms with van der Waals surface area (Å²) in [5.41, 5.74) is 5.46. The molecule has 2 unspecified atom stereocenters. The Morgan fingerprint density at radius 1 is 1.28 bits per heavy atom. The van der Waals surface area contributed by atoms with Gasteiger partial charge in [-0.3, -0.25) is 19.6 Å². The van der Waals surface area contributed by atoms with Crippen LogP contribution in [0.5, 0.6) is 0 Å². The van der Waals surface area contributed by atoms with Gasteiger partial charge in [-0.05, 0) is 95.8 Å². The van der Waals surface area contributed by atoms with Crippen molar-refractivity contribution in [1.82, 2.24) is 24.6 Å². The van der Waals surface area contributed by atoms with Gasteiger partial charge >= 0.3 is 0 Å². The molecule has 2 aromatic heterocycles. The van der Waals surface area contributed by atoms with E-state index in [1.54, 1.807) is 19.2 Å². The Labute approximate surface area is 257 Å². The van der Waals surface area contributed by atoms with Crippen molar-refractivity contribution in [3.8, 4) is 11.1 Å². The number of ether oxygens (including phenoxy) is 1. The average molecular weight is 599 g/mol. The smallest absolute Gasteiger partial charge is 0.232 e. The van der Waals surface area contributed by atoms with Crippen molar-refractivity contribution in [2.24, 2.45) is 10.9 Å². The van der Waals surface area contributed by atoms with Gasteiger partial charge in [0.25, 0.3) is 0 Å². The number of alkyl halides is 1. The van der Waals surface area contributed by atoms with Crippen LogP contribution in [0.3, 0.4) is 0 Å². The first-order chi connectivity index (χ1) is 19.9. The maximum absolute atomic E-state index is 15.3. The van der Waals surface area contributed by atoms with Crippen molar-refractivity contribution in [1.29, 1.82) is 0 Å². The van der Waals surface area contributed by atoms with Crippen LogP contribution >= 0.6 is 0 Å². The first kappa shape index (κ1) is 36.2. The molecule has 0 N–H and O–H groups in total. The highest BCUT2D eigenvalue weighted by Crippen LogP contribution is 2.35. The molecule has 2 atom stereocenters. The Kier molecular flexibility index (Phi) is 13.6. The molecule has 0 bridgehead atoms. The third kappa shape index (κ3) is 9.24. The van der Waals surface area contributed by atoms with E-state index < -0.39 is 5.85 Å². The van der Waals surface area contributed by atoms with Crippen LogP contribution in [0.1, 0.15) is 63.9 Å². The number of pyridine rings is 1. The fourth-order valence-corrected chi connectivity index (χ4v) is 5.58. The molecule has 1 aliphatic heterocycles. The molecule has 7 nitrogen and oxygen atoms in total. The van der Waals surface area contributed by atoms with Gasteiger partial charge in [-0.1, -0.05) is 20.4 Å². The number of aryl methyl sites for hydroxylation is 1. The minimum atomic E-state index is -1.97. The number of rotatable bonds is 13. The van der Waals surface area contributed by atoms with Crippen molar-refractivity contribution in [2.45, 2.75) is 78.7 Å². The van der Waals surface area contributed by atoms with Crippen LogP contribution in [0.2, 0.25) is 0 Å². The van der Waals surface area contributed by atoms with Crippen molar-refractivity contribution < 1.29 is 13.8 Å². The maximum atomic E-state index is 15.3. The zero-order valence-corrected chi connectivity index (χ0v) is 27.6. The molecule has 1 aliphatic rings. The second-order valence-electron chi connectivity index (χ2n) is 12.1. The summed E-state index contributed by atoms with van der Waals surface area (Å²) in [4.78, 5) is 13.9. The summed E-state index contributed by atoms with van der Waals surface area (Å²) in [5.74, 6) is -1.24. The van der Waals surface area contributed by atoms with E-state index >= 15 is 4.39 Å². The van der Waals surface area contributed by atoms with E-state index in [2.05, 4.69) is 53.3 Å². The minimum absolute atomic E-state index is 0. The van der Waals surface area contributed by atoms with Crippen molar-refractivity contribution in [3.05, 3.63) is 59.2 Å². The third-order valence-corrected chi connectivity index (χ3v) is 8.47. The largest absolute Gasteiger partial charge is 0.346 e. The molecule has 1 saturated heterocycles. The van der Waals surface area contributed by atoms with Crippen molar-refractivity contribution >= 4 is 18.5 Å². The summed E-state index contributed by atoms with van der Waals surface area (Å²) < 4.78 is 22.3. The predicted molar refractivity (Wildman–Crippen MR) is 177 cm³/mol. The first-order valence-corrected chi connectivity index (χ1v) is 15.1. The van der Waals surface area contributed by atoms with E-state index in [-0.39, 0.29) is 10.7 Å². The van der Waals surface area contributed by atoms with Gasteiger partial charge < -0.3 is 9.64 Å². The van der Waals surface area contributed by atoms with Crippen LogP contribution in [0.4, 0.5) is 9.09 Å². The summed E-state index contributed by atoms with van der Waals surface area (Å²) >= 11 is 0. The SMILES string of the molecule is C=C(C)/C(=C\c1c(-c2cnn(/C=C\C(C=NC)N3CCC(N(C)CCC(C)C)CC3)c2C)ccnc1C)C(C)(F)OC.F. The number of nitrogens with zero attached hydrogens (tertiary/aromatic N) is 6. The lowest BCUT2D eigenvalue weighted by atomic mass is 9.94. The van der Waals surface area contributed by atoms with E-state index in [0.29, 0.717) is 17.2 Å². The van der Waals surface area contributed by atoms with Gasteiger partial charge in [-0.15, -0.1) is 0 Å². The zero-order valence-electron chi connectivity index (χ0n) is 27.6. The Bertz CT molecular complexity index is 1290. The number of piperidine rings is 1. The highest BCUT2D eigenvalue weighted by molar-refractivity contribution is 5.79. The van der Waals surface area contributed by atoms with Gasteiger partial charge in [0.15, 0.2) is 0 Å². The quantitative estimate of drug-likeness (QED) is 0.184.